The van der Waals surface area contributed by atoms with Crippen molar-refractivity contribution in [2.75, 3.05) is 49.5 Å². The molecule has 3 heterocycles. The highest BCUT2D eigenvalue weighted by molar-refractivity contribution is 7.98. The van der Waals surface area contributed by atoms with Crippen molar-refractivity contribution in [2.24, 2.45) is 5.92 Å². The highest BCUT2D eigenvalue weighted by Crippen LogP contribution is 2.33. The van der Waals surface area contributed by atoms with E-state index in [9.17, 15) is 18.0 Å². The van der Waals surface area contributed by atoms with Crippen molar-refractivity contribution >= 4 is 35.1 Å². The van der Waals surface area contributed by atoms with Gasteiger partial charge in [0, 0.05) is 51.1 Å². The predicted octanol–water partition coefficient (Wildman–Crippen LogP) is 5.09. The number of hydrogen-bond acceptors (Lipinski definition) is 7. The number of ether oxygens (including phenoxy) is 1. The summed E-state index contributed by atoms with van der Waals surface area (Å²) in [7, 11) is 1.82. The first-order chi connectivity index (χ1) is 16.7. The maximum Gasteiger partial charge on any atom is 0.416 e. The van der Waals surface area contributed by atoms with Crippen LogP contribution in [0, 0.1) is 5.92 Å². The van der Waals surface area contributed by atoms with Crippen molar-refractivity contribution in [3.05, 3.63) is 51.4 Å². The van der Waals surface area contributed by atoms with Gasteiger partial charge in [0.15, 0.2) is 0 Å². The number of benzene rings is 1. The van der Waals surface area contributed by atoms with Gasteiger partial charge in [0.2, 0.25) is 0 Å². The third kappa shape index (κ3) is 6.63. The minimum Gasteiger partial charge on any atom is -0.382 e. The Morgan fingerprint density at radius 1 is 1.23 bits per heavy atom. The Labute approximate surface area is 211 Å². The molecule has 1 aromatic heterocycles. The smallest absolute Gasteiger partial charge is 0.382 e. The third-order valence-corrected chi connectivity index (χ3v) is 7.76. The molecule has 1 N–H and O–H groups in total. The first-order valence-corrected chi connectivity index (χ1v) is 12.8. The number of anilines is 2. The van der Waals surface area contributed by atoms with Gasteiger partial charge in [0.1, 0.15) is 5.02 Å². The molecule has 2 aliphatic rings. The van der Waals surface area contributed by atoms with Crippen molar-refractivity contribution in [3.63, 3.8) is 0 Å². The van der Waals surface area contributed by atoms with E-state index in [4.69, 9.17) is 16.3 Å². The van der Waals surface area contributed by atoms with E-state index in [0.29, 0.717) is 56.4 Å². The van der Waals surface area contributed by atoms with Crippen molar-refractivity contribution in [1.82, 2.24) is 14.1 Å². The number of piperidine rings is 1. The molecule has 0 spiro atoms. The molecule has 1 atom stereocenters. The number of nitrogens with zero attached hydrogens (tertiary/aromatic N) is 4. The van der Waals surface area contributed by atoms with Crippen LogP contribution in [-0.4, -0.2) is 54.0 Å². The predicted molar refractivity (Wildman–Crippen MR) is 133 cm³/mol. The fraction of sp³-hybridized carbons (Fsp3) is 0.565. The van der Waals surface area contributed by atoms with Crippen LogP contribution in [0.4, 0.5) is 24.5 Å². The summed E-state index contributed by atoms with van der Waals surface area (Å²) < 4.78 is 49.3. The van der Waals surface area contributed by atoms with E-state index in [-0.39, 0.29) is 16.6 Å². The molecule has 2 fully saturated rings. The first-order valence-electron chi connectivity index (χ1n) is 11.7. The lowest BCUT2D eigenvalue weighted by Crippen LogP contribution is -2.37. The van der Waals surface area contributed by atoms with Crippen LogP contribution in [0.1, 0.15) is 37.3 Å². The molecule has 4 rings (SSSR count). The van der Waals surface area contributed by atoms with E-state index >= 15 is 0 Å². The summed E-state index contributed by atoms with van der Waals surface area (Å²) in [6.07, 6.45) is 0.815. The summed E-state index contributed by atoms with van der Waals surface area (Å²) in [5, 5.41) is 7.78. The Morgan fingerprint density at radius 2 is 1.94 bits per heavy atom. The van der Waals surface area contributed by atoms with E-state index in [1.165, 1.54) is 28.9 Å². The minimum absolute atomic E-state index is 0.0611. The number of nitrogens with one attached hydrogen (secondary N) is 1. The van der Waals surface area contributed by atoms with Crippen molar-refractivity contribution in [1.29, 1.82) is 0 Å². The topological polar surface area (TPSA) is 62.6 Å². The normalized spacial score (nSPS) is 20.1. The Hall–Kier alpha value is -1.95. The maximum atomic E-state index is 12.9. The van der Waals surface area contributed by atoms with Gasteiger partial charge in [-0.15, -0.1) is 0 Å². The average Bonchev–Trinajstić information content (AvgIpc) is 2.86. The van der Waals surface area contributed by atoms with Crippen molar-refractivity contribution < 1.29 is 17.9 Å². The molecule has 2 aliphatic heterocycles. The second-order valence-electron chi connectivity index (χ2n) is 8.87. The van der Waals surface area contributed by atoms with E-state index in [2.05, 4.69) is 14.7 Å². The van der Waals surface area contributed by atoms with E-state index in [1.54, 1.807) is 6.20 Å². The number of alkyl halides is 3. The molecule has 35 heavy (non-hydrogen) atoms. The first kappa shape index (κ1) is 26.1. The SMILES string of the molecule is CN(SN1CCC(n2ncc(NC[C@@H]3CCCOC3)c(Cl)c2=O)CC1)c1ccc(C(F)(F)F)cc1. The van der Waals surface area contributed by atoms with Crippen LogP contribution in [0.5, 0.6) is 0 Å². The van der Waals surface area contributed by atoms with Crippen LogP contribution in [-0.2, 0) is 10.9 Å². The van der Waals surface area contributed by atoms with Gasteiger partial charge in [0.05, 0.1) is 30.1 Å². The highest BCUT2D eigenvalue weighted by atomic mass is 35.5. The highest BCUT2D eigenvalue weighted by Gasteiger charge is 2.30. The van der Waals surface area contributed by atoms with Gasteiger partial charge in [0.25, 0.3) is 5.56 Å². The van der Waals surface area contributed by atoms with Gasteiger partial charge in [-0.05, 0) is 55.9 Å². The summed E-state index contributed by atoms with van der Waals surface area (Å²) in [6.45, 7) is 3.60. The number of hydrogen-bond donors (Lipinski definition) is 1. The molecule has 1 aromatic carbocycles. The van der Waals surface area contributed by atoms with Gasteiger partial charge >= 0.3 is 6.18 Å². The van der Waals surface area contributed by atoms with Gasteiger partial charge in [-0.2, -0.15) is 18.3 Å². The lowest BCUT2D eigenvalue weighted by molar-refractivity contribution is -0.137. The molecule has 7 nitrogen and oxygen atoms in total. The van der Waals surface area contributed by atoms with Gasteiger partial charge < -0.3 is 14.4 Å². The molecule has 0 aliphatic carbocycles. The second kappa shape index (κ2) is 11.4. The van der Waals surface area contributed by atoms with Gasteiger partial charge in [-0.3, -0.25) is 4.79 Å². The minimum atomic E-state index is -4.35. The van der Waals surface area contributed by atoms with Crippen LogP contribution in [0.15, 0.2) is 35.3 Å². The molecule has 0 amide bonds. The molecule has 2 saturated heterocycles. The Morgan fingerprint density at radius 3 is 2.57 bits per heavy atom. The lowest BCUT2D eigenvalue weighted by atomic mass is 10.0. The Bertz CT molecular complexity index is 1040. The molecule has 0 saturated carbocycles. The molecule has 0 bridgehead atoms. The molecule has 12 heteroatoms. The molecule has 0 unspecified atom stereocenters. The van der Waals surface area contributed by atoms with E-state index < -0.39 is 11.7 Å². The standard InChI is InChI=1S/C23H29ClF3N5O2S/c1-30(18-6-4-17(5-7-18)23(25,26)27)35-31-10-8-19(9-11-31)32-22(33)21(24)20(14-29-32)28-13-16-3-2-12-34-15-16/h4-7,14,16,19,28H,2-3,8-13,15H2,1H3/t16-/m0/s1. The zero-order chi connectivity index (χ0) is 25.0. The van der Waals surface area contributed by atoms with Crippen LogP contribution in [0.25, 0.3) is 0 Å². The molecular formula is C23H29ClF3N5O2S. The summed E-state index contributed by atoms with van der Waals surface area (Å²) in [4.78, 5) is 12.9. The summed E-state index contributed by atoms with van der Waals surface area (Å²) in [5.41, 5.74) is 0.258. The van der Waals surface area contributed by atoms with E-state index in [1.807, 2.05) is 11.4 Å². The van der Waals surface area contributed by atoms with Gasteiger partial charge in [-0.25, -0.2) is 8.99 Å². The summed E-state index contributed by atoms with van der Waals surface area (Å²) in [6, 6.07) is 5.04. The van der Waals surface area contributed by atoms with Crippen LogP contribution >= 0.6 is 23.7 Å². The van der Waals surface area contributed by atoms with Crippen LogP contribution in [0.3, 0.4) is 0 Å². The quantitative estimate of drug-likeness (QED) is 0.499. The second-order valence-corrected chi connectivity index (χ2v) is 10.5. The van der Waals surface area contributed by atoms with Crippen molar-refractivity contribution in [2.45, 2.75) is 37.9 Å². The number of rotatable bonds is 7. The molecular weight excluding hydrogens is 503 g/mol. The monoisotopic (exact) mass is 531 g/mol. The summed E-state index contributed by atoms with van der Waals surface area (Å²) in [5.74, 6) is 0.393. The fourth-order valence-corrected chi connectivity index (χ4v) is 5.44. The van der Waals surface area contributed by atoms with Crippen LogP contribution in [0.2, 0.25) is 5.02 Å². The van der Waals surface area contributed by atoms with E-state index in [0.717, 1.165) is 31.6 Å². The Kier molecular flexibility index (Phi) is 8.51. The fourth-order valence-electron chi connectivity index (χ4n) is 4.30. The zero-order valence-corrected chi connectivity index (χ0v) is 21.0. The molecule has 2 aromatic rings. The Balaban J connectivity index is 1.30. The lowest BCUT2D eigenvalue weighted by Gasteiger charge is -2.33. The summed E-state index contributed by atoms with van der Waals surface area (Å²) >= 11 is 7.83. The molecule has 0 radical (unpaired) electrons. The van der Waals surface area contributed by atoms with Gasteiger partial charge in [-0.1, -0.05) is 11.6 Å². The number of aromatic nitrogens is 2. The number of halogens is 4. The average molecular weight is 532 g/mol. The molecule has 192 valence electrons. The maximum absolute atomic E-state index is 12.9. The third-order valence-electron chi connectivity index (χ3n) is 6.34. The largest absolute Gasteiger partial charge is 0.416 e. The zero-order valence-electron chi connectivity index (χ0n) is 19.4. The van der Waals surface area contributed by atoms with Crippen molar-refractivity contribution in [3.8, 4) is 0 Å². The van der Waals surface area contributed by atoms with Crippen LogP contribution < -0.4 is 15.2 Å².